The van der Waals surface area contributed by atoms with E-state index in [9.17, 15) is 19.2 Å². The van der Waals surface area contributed by atoms with Gasteiger partial charge in [-0.2, -0.15) is 0 Å². The van der Waals surface area contributed by atoms with Crippen LogP contribution in [0.5, 0.6) is 0 Å². The predicted octanol–water partition coefficient (Wildman–Crippen LogP) is 8.65. The lowest BCUT2D eigenvalue weighted by Gasteiger charge is -2.30. The number of aromatic nitrogens is 4. The molecular weight excluding hydrogens is 801 g/mol. The number of hydrogen-bond donors (Lipinski definition) is 4. The van der Waals surface area contributed by atoms with E-state index in [0.29, 0.717) is 13.1 Å². The molecule has 14 nitrogen and oxygen atoms in total. The minimum Gasteiger partial charge on any atom is -0.453 e. The van der Waals surface area contributed by atoms with E-state index in [1.807, 2.05) is 55.8 Å². The number of benzene rings is 2. The SMILES string of the molecule is COC(=O)N[C@H](C(=O)N1CCCC1c1ncc(-c2ccc(-c3csc4c(-c5cccc6[nH]c(C7CCCN7C(=O)[C@@H](NC(=O)OC)C(C)C)nc56)csc34)cc2)[nH]1)C(C)C. The largest absolute Gasteiger partial charge is 0.453 e. The standard InChI is InChI=1S/C44H50N8O6S2/c1-23(2)34(49-43(55)57-5)41(53)51-18-8-12-32(51)39-45-20-31(47-39)26-16-14-25(15-17-26)28-21-59-38-29(22-60-37(28)38)27-10-7-11-30-36(27)48-40(46-30)33-13-9-19-52(33)42(54)35(24(3)4)50-44(56)58-6/h7,10-11,14-17,20-24,32-35H,8-9,12-13,18-19H2,1-6H3,(H,45,47)(H,46,48)(H,49,55)(H,50,56)/t32?,33?,34-,35-/m0/s1. The van der Waals surface area contributed by atoms with Gasteiger partial charge in [0, 0.05) is 40.5 Å². The van der Waals surface area contributed by atoms with Gasteiger partial charge in [0.05, 0.1) is 58.6 Å². The molecule has 0 aliphatic carbocycles. The smallest absolute Gasteiger partial charge is 0.407 e. The average Bonchev–Trinajstić information content (AvgIpc) is 4.10. The van der Waals surface area contributed by atoms with Crippen molar-refractivity contribution in [3.63, 3.8) is 0 Å². The summed E-state index contributed by atoms with van der Waals surface area (Å²) >= 11 is 3.44. The third-order valence-electron chi connectivity index (χ3n) is 11.7. The van der Waals surface area contributed by atoms with E-state index < -0.39 is 24.3 Å². The molecule has 8 rings (SSSR count). The second-order valence-corrected chi connectivity index (χ2v) is 17.9. The van der Waals surface area contributed by atoms with Gasteiger partial charge in [0.15, 0.2) is 0 Å². The van der Waals surface area contributed by atoms with Crippen LogP contribution in [0.1, 0.15) is 77.1 Å². The second-order valence-electron chi connectivity index (χ2n) is 16.1. The van der Waals surface area contributed by atoms with Crippen LogP contribution in [-0.2, 0) is 19.1 Å². The third-order valence-corrected chi connectivity index (χ3v) is 13.9. The number of para-hydroxylation sites is 1. The van der Waals surface area contributed by atoms with E-state index >= 15 is 0 Å². The molecule has 2 aliphatic rings. The minimum absolute atomic E-state index is 0.107. The number of H-pyrrole nitrogens is 2. The van der Waals surface area contributed by atoms with Gasteiger partial charge in [-0.3, -0.25) is 9.59 Å². The number of carbonyl (C=O) groups is 4. The molecule has 4 aromatic heterocycles. The van der Waals surface area contributed by atoms with Crippen LogP contribution in [0.4, 0.5) is 9.59 Å². The van der Waals surface area contributed by atoms with Crippen molar-refractivity contribution in [2.45, 2.75) is 77.5 Å². The number of amides is 4. The first-order valence-corrected chi connectivity index (χ1v) is 22.2. The highest BCUT2D eigenvalue weighted by molar-refractivity contribution is 7.27. The summed E-state index contributed by atoms with van der Waals surface area (Å²) in [6, 6.07) is 12.8. The molecule has 0 bridgehead atoms. The second kappa shape index (κ2) is 17.1. The lowest BCUT2D eigenvalue weighted by atomic mass is 10.0. The van der Waals surface area contributed by atoms with Crippen LogP contribution >= 0.6 is 22.7 Å². The topological polar surface area (TPSA) is 175 Å². The molecule has 4 amide bonds. The first-order chi connectivity index (χ1) is 29.0. The third kappa shape index (κ3) is 7.73. The van der Waals surface area contributed by atoms with Gasteiger partial charge in [0.1, 0.15) is 23.7 Å². The number of aromatic amines is 2. The summed E-state index contributed by atoms with van der Waals surface area (Å²) in [6.45, 7) is 8.82. The molecule has 4 N–H and O–H groups in total. The summed E-state index contributed by atoms with van der Waals surface area (Å²) in [5, 5.41) is 9.85. The van der Waals surface area contributed by atoms with Crippen LogP contribution in [0, 0.1) is 11.8 Å². The van der Waals surface area contributed by atoms with Gasteiger partial charge in [-0.25, -0.2) is 19.6 Å². The number of rotatable bonds is 11. The Hall–Kier alpha value is -5.74. The zero-order chi connectivity index (χ0) is 42.2. The number of methoxy groups -OCH3 is 2. The summed E-state index contributed by atoms with van der Waals surface area (Å²) in [6.07, 6.45) is 3.82. The van der Waals surface area contributed by atoms with Crippen LogP contribution in [0.2, 0.25) is 0 Å². The molecule has 314 valence electrons. The molecule has 2 aliphatic heterocycles. The van der Waals surface area contributed by atoms with Crippen molar-refractivity contribution in [2.75, 3.05) is 27.3 Å². The van der Waals surface area contributed by atoms with Crippen LogP contribution in [0.25, 0.3) is 53.9 Å². The summed E-state index contributed by atoms with van der Waals surface area (Å²) in [4.78, 5) is 72.0. The number of hydrogen-bond acceptors (Lipinski definition) is 10. The molecule has 2 fully saturated rings. The number of thiophene rings is 2. The normalized spacial score (nSPS) is 17.8. The molecule has 0 spiro atoms. The Bertz CT molecular complexity index is 2540. The molecule has 6 heterocycles. The Morgan fingerprint density at radius 3 is 1.85 bits per heavy atom. The zero-order valence-electron chi connectivity index (χ0n) is 34.5. The number of ether oxygens (including phenoxy) is 2. The highest BCUT2D eigenvalue weighted by Crippen LogP contribution is 2.46. The van der Waals surface area contributed by atoms with Crippen molar-refractivity contribution in [1.29, 1.82) is 0 Å². The maximum atomic E-state index is 13.8. The summed E-state index contributed by atoms with van der Waals surface area (Å²) in [7, 11) is 2.59. The predicted molar refractivity (Wildman–Crippen MR) is 234 cm³/mol. The fourth-order valence-corrected chi connectivity index (χ4v) is 10.9. The average molecular weight is 851 g/mol. The van der Waals surface area contributed by atoms with E-state index in [0.717, 1.165) is 76.3 Å². The monoisotopic (exact) mass is 850 g/mol. The molecule has 0 saturated carbocycles. The minimum atomic E-state index is -0.700. The molecule has 16 heteroatoms. The maximum Gasteiger partial charge on any atom is 0.407 e. The van der Waals surface area contributed by atoms with Gasteiger partial charge < -0.3 is 39.9 Å². The Morgan fingerprint density at radius 2 is 1.27 bits per heavy atom. The maximum absolute atomic E-state index is 13.8. The van der Waals surface area contributed by atoms with Crippen molar-refractivity contribution in [1.82, 2.24) is 40.4 Å². The Labute approximate surface area is 356 Å². The number of nitrogens with zero attached hydrogens (tertiary/aromatic N) is 4. The first kappa shape index (κ1) is 41.0. The molecule has 60 heavy (non-hydrogen) atoms. The van der Waals surface area contributed by atoms with Gasteiger partial charge in [-0.1, -0.05) is 64.1 Å². The molecule has 2 aromatic carbocycles. The molecular formula is C44H50N8O6S2. The number of fused-ring (bicyclic) bond motifs is 2. The van der Waals surface area contributed by atoms with Gasteiger partial charge in [0.2, 0.25) is 11.8 Å². The number of carbonyl (C=O) groups excluding carboxylic acids is 4. The fraction of sp³-hybridized carbons (Fsp3) is 0.409. The molecule has 6 aromatic rings. The van der Waals surface area contributed by atoms with Gasteiger partial charge in [-0.15, -0.1) is 22.7 Å². The number of alkyl carbamates (subject to hydrolysis) is 2. The van der Waals surface area contributed by atoms with E-state index in [-0.39, 0.29) is 35.7 Å². The van der Waals surface area contributed by atoms with Crippen molar-refractivity contribution in [3.8, 4) is 33.5 Å². The van der Waals surface area contributed by atoms with E-state index in [1.54, 1.807) is 22.7 Å². The Morgan fingerprint density at radius 1 is 0.717 bits per heavy atom. The number of imidazole rings is 2. The van der Waals surface area contributed by atoms with E-state index in [4.69, 9.17) is 19.4 Å². The first-order valence-electron chi connectivity index (χ1n) is 20.4. The van der Waals surface area contributed by atoms with Crippen LogP contribution in [-0.4, -0.2) is 93.1 Å². The van der Waals surface area contributed by atoms with E-state index in [1.165, 1.54) is 29.2 Å². The van der Waals surface area contributed by atoms with Gasteiger partial charge in [0.25, 0.3) is 0 Å². The van der Waals surface area contributed by atoms with Crippen molar-refractivity contribution >= 4 is 67.1 Å². The fourth-order valence-electron chi connectivity index (χ4n) is 8.50. The Kier molecular flexibility index (Phi) is 11.7. The number of nitrogens with one attached hydrogen (secondary N) is 4. The molecule has 0 radical (unpaired) electrons. The van der Waals surface area contributed by atoms with Crippen LogP contribution in [0.15, 0.2) is 59.4 Å². The van der Waals surface area contributed by atoms with Crippen LogP contribution in [0.3, 0.4) is 0 Å². The highest BCUT2D eigenvalue weighted by atomic mass is 32.1. The van der Waals surface area contributed by atoms with Crippen molar-refractivity contribution in [2.24, 2.45) is 11.8 Å². The van der Waals surface area contributed by atoms with Gasteiger partial charge in [-0.05, 0) is 54.7 Å². The summed E-state index contributed by atoms with van der Waals surface area (Å²) < 4.78 is 12.0. The van der Waals surface area contributed by atoms with Crippen molar-refractivity contribution < 1.29 is 28.7 Å². The lowest BCUT2D eigenvalue weighted by Crippen LogP contribution is -2.51. The molecule has 2 saturated heterocycles. The molecule has 4 atom stereocenters. The van der Waals surface area contributed by atoms with Gasteiger partial charge >= 0.3 is 12.2 Å². The quantitative estimate of drug-likeness (QED) is 0.100. The van der Waals surface area contributed by atoms with E-state index in [2.05, 4.69) is 61.7 Å². The summed E-state index contributed by atoms with van der Waals surface area (Å²) in [5.41, 5.74) is 8.05. The lowest BCUT2D eigenvalue weighted by molar-refractivity contribution is -0.136. The molecule has 2 unspecified atom stereocenters. The highest BCUT2D eigenvalue weighted by Gasteiger charge is 2.39. The van der Waals surface area contributed by atoms with Crippen molar-refractivity contribution in [3.05, 3.63) is 71.1 Å². The summed E-state index contributed by atoms with van der Waals surface area (Å²) in [5.74, 6) is 0.976. The zero-order valence-corrected chi connectivity index (χ0v) is 36.2. The Balaban J connectivity index is 1.01. The van der Waals surface area contributed by atoms with Crippen LogP contribution < -0.4 is 10.6 Å². The number of likely N-dealkylation sites (tertiary alicyclic amines) is 2.